The molecule has 5 heteroatoms. The number of fused-ring (bicyclic) bond motifs is 1. The van der Waals surface area contributed by atoms with Crippen molar-refractivity contribution in [2.45, 2.75) is 64.8 Å². The molecule has 5 nitrogen and oxygen atoms in total. The van der Waals surface area contributed by atoms with Crippen LogP contribution in [0.25, 0.3) is 0 Å². The van der Waals surface area contributed by atoms with Crippen molar-refractivity contribution in [3.63, 3.8) is 0 Å². The summed E-state index contributed by atoms with van der Waals surface area (Å²) in [5.74, 6) is 0.560. The van der Waals surface area contributed by atoms with E-state index in [1.165, 1.54) is 0 Å². The van der Waals surface area contributed by atoms with Crippen molar-refractivity contribution < 1.29 is 9.59 Å². The molecule has 2 fully saturated rings. The molecular weight excluding hydrogens is 278 g/mol. The lowest BCUT2D eigenvalue weighted by atomic mass is 10.0. The lowest BCUT2D eigenvalue weighted by Gasteiger charge is -2.33. The van der Waals surface area contributed by atoms with E-state index in [2.05, 4.69) is 24.5 Å². The first-order valence-corrected chi connectivity index (χ1v) is 8.91. The fourth-order valence-corrected chi connectivity index (χ4v) is 3.53. The molecule has 1 aliphatic carbocycles. The molecule has 0 radical (unpaired) electrons. The Kier molecular flexibility index (Phi) is 6.52. The predicted octanol–water partition coefficient (Wildman–Crippen LogP) is 2.51. The average molecular weight is 309 g/mol. The first-order valence-electron chi connectivity index (χ1n) is 8.91. The van der Waals surface area contributed by atoms with Crippen molar-refractivity contribution in [3.05, 3.63) is 0 Å². The molecule has 1 heterocycles. The van der Waals surface area contributed by atoms with Crippen molar-refractivity contribution in [3.8, 4) is 0 Å². The van der Waals surface area contributed by atoms with Gasteiger partial charge in [0.05, 0.1) is 5.92 Å². The zero-order valence-electron chi connectivity index (χ0n) is 14.1. The number of hydrogen-bond donors (Lipinski definition) is 2. The van der Waals surface area contributed by atoms with Crippen molar-refractivity contribution >= 4 is 11.9 Å². The third-order valence-corrected chi connectivity index (χ3v) is 4.76. The summed E-state index contributed by atoms with van der Waals surface area (Å²) in [5, 5.41) is 6.10. The highest BCUT2D eigenvalue weighted by atomic mass is 16.2. The normalized spacial score (nSPS) is 27.0. The van der Waals surface area contributed by atoms with Crippen LogP contribution in [0.3, 0.4) is 0 Å². The number of rotatable bonds is 2. The molecule has 0 spiro atoms. The first kappa shape index (κ1) is 17.1. The maximum atomic E-state index is 12.6. The molecule has 2 aliphatic rings. The number of carbonyl (C=O) groups is 2. The molecular formula is C17H31N3O2. The molecule has 0 aromatic rings. The fourth-order valence-electron chi connectivity index (χ4n) is 3.53. The van der Waals surface area contributed by atoms with Crippen molar-refractivity contribution in [2.75, 3.05) is 19.6 Å². The maximum Gasteiger partial charge on any atom is 0.317 e. The van der Waals surface area contributed by atoms with Gasteiger partial charge in [-0.1, -0.05) is 33.1 Å². The van der Waals surface area contributed by atoms with E-state index in [0.717, 1.165) is 58.0 Å². The van der Waals surface area contributed by atoms with E-state index in [0.29, 0.717) is 12.5 Å². The highest BCUT2D eigenvalue weighted by Crippen LogP contribution is 2.31. The highest BCUT2D eigenvalue weighted by Gasteiger charge is 2.38. The smallest absolute Gasteiger partial charge is 0.317 e. The molecule has 1 aliphatic heterocycles. The van der Waals surface area contributed by atoms with Gasteiger partial charge in [-0.25, -0.2) is 4.79 Å². The highest BCUT2D eigenvalue weighted by molar-refractivity contribution is 5.81. The summed E-state index contributed by atoms with van der Waals surface area (Å²) in [6.07, 6.45) is 7.22. The molecule has 1 saturated carbocycles. The topological polar surface area (TPSA) is 61.4 Å². The zero-order chi connectivity index (χ0) is 15.9. The number of hydrogen-bond acceptors (Lipinski definition) is 2. The molecule has 0 unspecified atom stereocenters. The Labute approximate surface area is 134 Å². The van der Waals surface area contributed by atoms with Gasteiger partial charge in [-0.3, -0.25) is 4.79 Å². The minimum absolute atomic E-state index is 0.0117. The standard InChI is InChI=1S/C17H31N3O2/c1-13(2)12-19-17(22)20-11-6-4-3-5-10-18-16(21)14-8-7-9-15(14)20/h13-15H,3-12H2,1-2H3,(H,18,21)(H,19,22)/t14-,15+/m1/s1. The summed E-state index contributed by atoms with van der Waals surface area (Å²) in [5.41, 5.74) is 0. The Morgan fingerprint density at radius 2 is 2.00 bits per heavy atom. The molecule has 0 aromatic heterocycles. The zero-order valence-corrected chi connectivity index (χ0v) is 14.1. The second kappa shape index (κ2) is 8.39. The van der Waals surface area contributed by atoms with Crippen molar-refractivity contribution in [1.29, 1.82) is 0 Å². The van der Waals surface area contributed by atoms with Crippen LogP contribution < -0.4 is 10.6 Å². The van der Waals surface area contributed by atoms with Gasteiger partial charge < -0.3 is 15.5 Å². The Morgan fingerprint density at radius 3 is 2.77 bits per heavy atom. The summed E-state index contributed by atoms with van der Waals surface area (Å²) in [4.78, 5) is 26.9. The number of nitrogens with zero attached hydrogens (tertiary/aromatic N) is 1. The van der Waals surface area contributed by atoms with Crippen LogP contribution >= 0.6 is 0 Å². The van der Waals surface area contributed by atoms with E-state index >= 15 is 0 Å². The second-order valence-corrected chi connectivity index (χ2v) is 7.08. The Bertz CT molecular complexity index is 384. The monoisotopic (exact) mass is 309 g/mol. The van der Waals surface area contributed by atoms with Crippen LogP contribution in [0.2, 0.25) is 0 Å². The summed E-state index contributed by atoms with van der Waals surface area (Å²) in [6.45, 7) is 6.44. The maximum absolute atomic E-state index is 12.6. The summed E-state index contributed by atoms with van der Waals surface area (Å²) in [6, 6.07) is 0.0860. The molecule has 2 N–H and O–H groups in total. The predicted molar refractivity (Wildman–Crippen MR) is 87.5 cm³/mol. The number of nitrogens with one attached hydrogen (secondary N) is 2. The second-order valence-electron chi connectivity index (χ2n) is 7.08. The van der Waals surface area contributed by atoms with Crippen LogP contribution in [0.5, 0.6) is 0 Å². The van der Waals surface area contributed by atoms with Gasteiger partial charge in [-0.05, 0) is 31.6 Å². The van der Waals surface area contributed by atoms with Gasteiger partial charge in [0.15, 0.2) is 0 Å². The minimum atomic E-state index is -0.0251. The van der Waals surface area contributed by atoms with Crippen LogP contribution in [0.4, 0.5) is 4.79 Å². The Hall–Kier alpha value is -1.26. The van der Waals surface area contributed by atoms with Gasteiger partial charge in [0.1, 0.15) is 0 Å². The van der Waals surface area contributed by atoms with Crippen LogP contribution in [0.1, 0.15) is 58.8 Å². The molecule has 2 atom stereocenters. The van der Waals surface area contributed by atoms with Gasteiger partial charge in [0.25, 0.3) is 0 Å². The largest absolute Gasteiger partial charge is 0.356 e. The molecule has 0 aromatic carbocycles. The van der Waals surface area contributed by atoms with E-state index in [-0.39, 0.29) is 23.9 Å². The van der Waals surface area contributed by atoms with E-state index in [9.17, 15) is 9.59 Å². The minimum Gasteiger partial charge on any atom is -0.356 e. The van der Waals surface area contributed by atoms with Crippen LogP contribution in [0.15, 0.2) is 0 Å². The van der Waals surface area contributed by atoms with Gasteiger partial charge in [0, 0.05) is 25.7 Å². The molecule has 22 heavy (non-hydrogen) atoms. The Morgan fingerprint density at radius 1 is 1.23 bits per heavy atom. The lowest BCUT2D eigenvalue weighted by molar-refractivity contribution is -0.126. The first-order chi connectivity index (χ1) is 10.6. The Balaban J connectivity index is 2.07. The van der Waals surface area contributed by atoms with Crippen LogP contribution in [-0.2, 0) is 4.79 Å². The van der Waals surface area contributed by atoms with Gasteiger partial charge in [-0.2, -0.15) is 0 Å². The average Bonchev–Trinajstić information content (AvgIpc) is 2.95. The van der Waals surface area contributed by atoms with Crippen LogP contribution in [0, 0.1) is 11.8 Å². The summed E-state index contributed by atoms with van der Waals surface area (Å²) in [7, 11) is 0. The quantitative estimate of drug-likeness (QED) is 0.823. The van der Waals surface area contributed by atoms with Crippen molar-refractivity contribution in [2.24, 2.45) is 11.8 Å². The van der Waals surface area contributed by atoms with E-state index in [1.807, 2.05) is 4.90 Å². The molecule has 1 saturated heterocycles. The summed E-state index contributed by atoms with van der Waals surface area (Å²) < 4.78 is 0. The third kappa shape index (κ3) is 4.62. The fraction of sp³-hybridized carbons (Fsp3) is 0.882. The summed E-state index contributed by atoms with van der Waals surface area (Å²) >= 11 is 0. The van der Waals surface area contributed by atoms with E-state index < -0.39 is 0 Å². The van der Waals surface area contributed by atoms with E-state index in [4.69, 9.17) is 0 Å². The number of amides is 3. The van der Waals surface area contributed by atoms with Gasteiger partial charge in [-0.15, -0.1) is 0 Å². The molecule has 2 rings (SSSR count). The molecule has 0 bridgehead atoms. The molecule has 3 amide bonds. The number of carbonyl (C=O) groups excluding carboxylic acids is 2. The molecule has 126 valence electrons. The third-order valence-electron chi connectivity index (χ3n) is 4.76. The van der Waals surface area contributed by atoms with E-state index in [1.54, 1.807) is 0 Å². The SMILES string of the molecule is CC(C)CNC(=O)N1CCCCCCNC(=O)[C@@H]2CCC[C@@H]21. The van der Waals surface area contributed by atoms with Crippen LogP contribution in [-0.4, -0.2) is 42.5 Å². The van der Waals surface area contributed by atoms with Gasteiger partial charge >= 0.3 is 6.03 Å². The van der Waals surface area contributed by atoms with Gasteiger partial charge in [0.2, 0.25) is 5.91 Å². The lowest BCUT2D eigenvalue weighted by Crippen LogP contribution is -2.51. The van der Waals surface area contributed by atoms with Crippen molar-refractivity contribution in [1.82, 2.24) is 15.5 Å². The number of urea groups is 1.